The Morgan fingerprint density at radius 2 is 1.96 bits per heavy atom. The van der Waals surface area contributed by atoms with E-state index in [1.165, 1.54) is 23.2 Å². The van der Waals surface area contributed by atoms with Crippen LogP contribution in [0.25, 0.3) is 10.2 Å². The Bertz CT molecular complexity index is 901. The van der Waals surface area contributed by atoms with Gasteiger partial charge in [-0.25, -0.2) is 14.8 Å². The molecule has 3 aromatic rings. The molecule has 0 amide bonds. The van der Waals surface area contributed by atoms with E-state index < -0.39 is 0 Å². The van der Waals surface area contributed by atoms with Crippen LogP contribution in [0.2, 0.25) is 0 Å². The second-order valence-electron chi connectivity index (χ2n) is 6.09. The van der Waals surface area contributed by atoms with E-state index in [-0.39, 0.29) is 12.1 Å². The van der Waals surface area contributed by atoms with Crippen LogP contribution in [0.1, 0.15) is 41.6 Å². The van der Waals surface area contributed by atoms with Crippen molar-refractivity contribution in [3.05, 3.63) is 46.6 Å². The van der Waals surface area contributed by atoms with Crippen LogP contribution in [0.5, 0.6) is 0 Å². The number of nitrogens with zero attached hydrogens (tertiary/aromatic N) is 2. The number of carbonyl (C=O) groups excluding carboxylic acids is 1. The molecule has 6 heteroatoms. The van der Waals surface area contributed by atoms with E-state index in [2.05, 4.69) is 34.3 Å². The summed E-state index contributed by atoms with van der Waals surface area (Å²) in [6.07, 6.45) is 2.36. The minimum Gasteiger partial charge on any atom is -0.459 e. The zero-order chi connectivity index (χ0) is 18.0. The number of hydrogen-bond donors (Lipinski definition) is 1. The smallest absolute Gasteiger partial charge is 0.348 e. The summed E-state index contributed by atoms with van der Waals surface area (Å²) in [7, 11) is 0. The summed E-state index contributed by atoms with van der Waals surface area (Å²) in [4.78, 5) is 22.3. The lowest BCUT2D eigenvalue weighted by atomic mass is 10.1. The molecule has 5 nitrogen and oxygen atoms in total. The molecular formula is C19H21N3O2S. The number of carbonyl (C=O) groups is 1. The van der Waals surface area contributed by atoms with Crippen LogP contribution in [0.4, 0.5) is 11.5 Å². The van der Waals surface area contributed by atoms with Gasteiger partial charge in [0.15, 0.2) is 0 Å². The Hall–Kier alpha value is -2.47. The number of aromatic nitrogens is 2. The highest BCUT2D eigenvalue weighted by atomic mass is 32.1. The van der Waals surface area contributed by atoms with Crippen molar-refractivity contribution in [1.29, 1.82) is 0 Å². The van der Waals surface area contributed by atoms with Crippen molar-refractivity contribution in [2.45, 2.75) is 40.2 Å². The molecule has 0 fully saturated rings. The normalized spacial score (nSPS) is 11.1. The molecule has 3 rings (SSSR count). The Morgan fingerprint density at radius 3 is 2.60 bits per heavy atom. The highest BCUT2D eigenvalue weighted by Gasteiger charge is 2.21. The molecule has 0 atom stereocenters. The standard InChI is InChI=1S/C19H21N3O2S/c1-5-13-6-8-14(9-7-13)22-17-15-12(4)16(19(23)24-11(2)3)25-18(15)21-10-20-17/h6-11H,5H2,1-4H3,(H,20,21,22). The van der Waals surface area contributed by atoms with Crippen molar-refractivity contribution in [2.75, 3.05) is 5.32 Å². The van der Waals surface area contributed by atoms with Gasteiger partial charge in [-0.05, 0) is 50.5 Å². The van der Waals surface area contributed by atoms with Gasteiger partial charge in [0, 0.05) is 5.69 Å². The van der Waals surface area contributed by atoms with Crippen LogP contribution in [0.3, 0.4) is 0 Å². The van der Waals surface area contributed by atoms with Crippen molar-refractivity contribution in [3.63, 3.8) is 0 Å². The Kier molecular flexibility index (Phi) is 4.99. The summed E-state index contributed by atoms with van der Waals surface area (Å²) < 4.78 is 5.33. The fraction of sp³-hybridized carbons (Fsp3) is 0.316. The summed E-state index contributed by atoms with van der Waals surface area (Å²) in [6.45, 7) is 7.72. The maximum atomic E-state index is 12.3. The number of rotatable bonds is 5. The zero-order valence-corrected chi connectivity index (χ0v) is 15.6. The van der Waals surface area contributed by atoms with Gasteiger partial charge in [0.2, 0.25) is 0 Å². The van der Waals surface area contributed by atoms with Crippen LogP contribution in [-0.2, 0) is 11.2 Å². The van der Waals surface area contributed by atoms with Gasteiger partial charge >= 0.3 is 5.97 Å². The number of hydrogen-bond acceptors (Lipinski definition) is 6. The minimum absolute atomic E-state index is 0.155. The molecule has 2 heterocycles. The first-order valence-corrected chi connectivity index (χ1v) is 9.12. The molecule has 0 radical (unpaired) electrons. The van der Waals surface area contributed by atoms with Gasteiger partial charge in [0.05, 0.1) is 11.5 Å². The highest BCUT2D eigenvalue weighted by Crippen LogP contribution is 2.35. The topological polar surface area (TPSA) is 64.1 Å². The zero-order valence-electron chi connectivity index (χ0n) is 14.8. The number of fused-ring (bicyclic) bond motifs is 1. The Labute approximate surface area is 151 Å². The second-order valence-corrected chi connectivity index (χ2v) is 7.09. The first kappa shape index (κ1) is 17.4. The third-order valence-corrected chi connectivity index (χ3v) is 5.06. The summed E-state index contributed by atoms with van der Waals surface area (Å²) in [5.41, 5.74) is 3.08. The monoisotopic (exact) mass is 355 g/mol. The molecule has 0 aliphatic heterocycles. The van der Waals surface area contributed by atoms with Crippen molar-refractivity contribution >= 4 is 39.0 Å². The minimum atomic E-state index is -0.311. The lowest BCUT2D eigenvalue weighted by Crippen LogP contribution is -2.11. The van der Waals surface area contributed by atoms with Gasteiger partial charge in [-0.1, -0.05) is 19.1 Å². The number of aryl methyl sites for hydroxylation is 2. The SMILES string of the molecule is CCc1ccc(Nc2ncnc3sc(C(=O)OC(C)C)c(C)c23)cc1. The third kappa shape index (κ3) is 3.64. The molecule has 130 valence electrons. The molecule has 2 aromatic heterocycles. The average Bonchev–Trinajstić information content (AvgIpc) is 2.93. The summed E-state index contributed by atoms with van der Waals surface area (Å²) in [5, 5.41) is 4.20. The van der Waals surface area contributed by atoms with E-state index in [4.69, 9.17) is 4.74 Å². The van der Waals surface area contributed by atoms with E-state index in [0.717, 1.165) is 27.9 Å². The summed E-state index contributed by atoms with van der Waals surface area (Å²) >= 11 is 1.34. The van der Waals surface area contributed by atoms with Gasteiger partial charge in [-0.15, -0.1) is 11.3 Å². The van der Waals surface area contributed by atoms with Gasteiger partial charge in [-0.2, -0.15) is 0 Å². The number of anilines is 2. The molecule has 0 bridgehead atoms. The first-order chi connectivity index (χ1) is 12.0. The van der Waals surface area contributed by atoms with Crippen LogP contribution < -0.4 is 5.32 Å². The van der Waals surface area contributed by atoms with E-state index in [1.807, 2.05) is 32.9 Å². The molecular weight excluding hydrogens is 334 g/mol. The van der Waals surface area contributed by atoms with Crippen molar-refractivity contribution in [3.8, 4) is 0 Å². The summed E-state index contributed by atoms with van der Waals surface area (Å²) in [5.74, 6) is 0.389. The molecule has 0 saturated carbocycles. The lowest BCUT2D eigenvalue weighted by molar-refractivity contribution is 0.0383. The fourth-order valence-electron chi connectivity index (χ4n) is 2.59. The van der Waals surface area contributed by atoms with Crippen molar-refractivity contribution in [2.24, 2.45) is 0 Å². The molecule has 1 aromatic carbocycles. The number of thiophene rings is 1. The fourth-order valence-corrected chi connectivity index (χ4v) is 3.62. The average molecular weight is 355 g/mol. The molecule has 0 unspecified atom stereocenters. The molecule has 1 N–H and O–H groups in total. The molecule has 0 aliphatic carbocycles. The Morgan fingerprint density at radius 1 is 1.24 bits per heavy atom. The number of esters is 1. The molecule has 0 saturated heterocycles. The second kappa shape index (κ2) is 7.19. The van der Waals surface area contributed by atoms with Gasteiger partial charge in [0.1, 0.15) is 21.9 Å². The quantitative estimate of drug-likeness (QED) is 0.661. The van der Waals surface area contributed by atoms with Crippen LogP contribution in [0, 0.1) is 6.92 Å². The van der Waals surface area contributed by atoms with Crippen LogP contribution in [0.15, 0.2) is 30.6 Å². The number of benzene rings is 1. The van der Waals surface area contributed by atoms with E-state index in [1.54, 1.807) is 0 Å². The van der Waals surface area contributed by atoms with E-state index in [0.29, 0.717) is 10.7 Å². The molecule has 0 spiro atoms. The number of nitrogens with one attached hydrogen (secondary N) is 1. The van der Waals surface area contributed by atoms with Crippen molar-refractivity contribution in [1.82, 2.24) is 9.97 Å². The third-order valence-electron chi connectivity index (χ3n) is 3.88. The summed E-state index contributed by atoms with van der Waals surface area (Å²) in [6, 6.07) is 8.24. The van der Waals surface area contributed by atoms with Crippen LogP contribution in [-0.4, -0.2) is 22.0 Å². The largest absolute Gasteiger partial charge is 0.459 e. The molecule has 0 aliphatic rings. The van der Waals surface area contributed by atoms with E-state index >= 15 is 0 Å². The van der Waals surface area contributed by atoms with Crippen LogP contribution >= 0.6 is 11.3 Å². The van der Waals surface area contributed by atoms with Gasteiger partial charge < -0.3 is 10.1 Å². The Balaban J connectivity index is 1.98. The van der Waals surface area contributed by atoms with Gasteiger partial charge in [0.25, 0.3) is 0 Å². The predicted octanol–water partition coefficient (Wildman–Crippen LogP) is 4.87. The first-order valence-electron chi connectivity index (χ1n) is 8.30. The number of ether oxygens (including phenoxy) is 1. The maximum Gasteiger partial charge on any atom is 0.348 e. The van der Waals surface area contributed by atoms with E-state index in [9.17, 15) is 4.79 Å². The maximum absolute atomic E-state index is 12.3. The van der Waals surface area contributed by atoms with Gasteiger partial charge in [-0.3, -0.25) is 0 Å². The highest BCUT2D eigenvalue weighted by molar-refractivity contribution is 7.20. The predicted molar refractivity (Wildman–Crippen MR) is 102 cm³/mol. The lowest BCUT2D eigenvalue weighted by Gasteiger charge is -2.08. The molecule has 25 heavy (non-hydrogen) atoms. The van der Waals surface area contributed by atoms with Crippen molar-refractivity contribution < 1.29 is 9.53 Å².